The van der Waals surface area contributed by atoms with Crippen molar-refractivity contribution in [1.29, 1.82) is 0 Å². The van der Waals surface area contributed by atoms with E-state index in [0.29, 0.717) is 33.4 Å². The Morgan fingerprint density at radius 3 is 2.32 bits per heavy atom. The molecule has 0 spiro atoms. The van der Waals surface area contributed by atoms with Crippen molar-refractivity contribution in [3.05, 3.63) is 124 Å². The van der Waals surface area contributed by atoms with Gasteiger partial charge in [0.05, 0.1) is 23.7 Å². The number of carbonyl (C=O) groups is 2. The van der Waals surface area contributed by atoms with Crippen LogP contribution in [0.25, 0.3) is 0 Å². The summed E-state index contributed by atoms with van der Waals surface area (Å²) in [6.07, 6.45) is 2.47. The Labute approximate surface area is 229 Å². The van der Waals surface area contributed by atoms with Gasteiger partial charge >= 0.3 is 6.03 Å². The van der Waals surface area contributed by atoms with Crippen molar-refractivity contribution in [2.45, 2.75) is 24.8 Å². The third kappa shape index (κ3) is 4.57. The van der Waals surface area contributed by atoms with Crippen molar-refractivity contribution in [3.63, 3.8) is 0 Å². The topological polar surface area (TPSA) is 74.6 Å². The van der Waals surface area contributed by atoms with Gasteiger partial charge in [-0.25, -0.2) is 4.79 Å². The fourth-order valence-electron chi connectivity index (χ4n) is 5.22. The molecule has 1 aliphatic heterocycles. The van der Waals surface area contributed by atoms with Crippen LogP contribution in [0.15, 0.2) is 107 Å². The number of para-hydroxylation sites is 2. The van der Waals surface area contributed by atoms with Gasteiger partial charge in [-0.05, 0) is 72.6 Å². The molecule has 3 aromatic carbocycles. The lowest BCUT2D eigenvalue weighted by Gasteiger charge is -2.34. The fraction of sp³-hybridized carbons (Fsp3) is 0.133. The molecule has 8 heteroatoms. The van der Waals surface area contributed by atoms with Crippen molar-refractivity contribution >= 4 is 52.1 Å². The number of benzene rings is 3. The van der Waals surface area contributed by atoms with Crippen LogP contribution >= 0.6 is 23.2 Å². The van der Waals surface area contributed by atoms with Crippen LogP contribution in [-0.2, 0) is 4.79 Å². The third-order valence-corrected chi connectivity index (χ3v) is 7.44. The normalized spacial score (nSPS) is 18.8. The number of allylic oxidation sites excluding steroid dienone is 1. The number of fused-ring (bicyclic) bond motifs is 1. The quantitative estimate of drug-likeness (QED) is 0.273. The molecule has 0 bridgehead atoms. The van der Waals surface area contributed by atoms with Crippen LogP contribution in [0, 0.1) is 0 Å². The predicted octanol–water partition coefficient (Wildman–Crippen LogP) is 8.19. The zero-order valence-corrected chi connectivity index (χ0v) is 21.7. The lowest BCUT2D eigenvalue weighted by atomic mass is 9.80. The lowest BCUT2D eigenvalue weighted by Crippen LogP contribution is -2.41. The highest BCUT2D eigenvalue weighted by atomic mass is 35.5. The average Bonchev–Trinajstić information content (AvgIpc) is 3.41. The molecule has 6 rings (SSSR count). The second kappa shape index (κ2) is 10.0. The number of nitrogens with zero attached hydrogens (tertiary/aromatic N) is 1. The highest BCUT2D eigenvalue weighted by Gasteiger charge is 2.42. The lowest BCUT2D eigenvalue weighted by molar-refractivity contribution is -0.116. The minimum Gasteiger partial charge on any atom is -0.469 e. The molecule has 1 aliphatic carbocycles. The Kier molecular flexibility index (Phi) is 6.44. The minimum atomic E-state index is -0.684. The number of anilines is 3. The molecule has 4 aromatic rings. The second-order valence-corrected chi connectivity index (χ2v) is 10.2. The van der Waals surface area contributed by atoms with E-state index in [1.165, 1.54) is 0 Å². The zero-order valence-electron chi connectivity index (χ0n) is 20.2. The number of hydrogen-bond acceptors (Lipinski definition) is 4. The maximum absolute atomic E-state index is 14.0. The van der Waals surface area contributed by atoms with E-state index >= 15 is 0 Å². The first-order valence-corrected chi connectivity index (χ1v) is 13.0. The molecule has 0 unspecified atom stereocenters. The first-order valence-electron chi connectivity index (χ1n) is 12.2. The molecule has 190 valence electrons. The summed E-state index contributed by atoms with van der Waals surface area (Å²) in [5.74, 6) is 0.623. The highest BCUT2D eigenvalue weighted by molar-refractivity contribution is 6.31. The molecule has 2 aliphatic rings. The van der Waals surface area contributed by atoms with Crippen LogP contribution in [-0.4, -0.2) is 11.8 Å². The fourth-order valence-corrected chi connectivity index (χ4v) is 5.47. The van der Waals surface area contributed by atoms with E-state index < -0.39 is 6.04 Å². The number of halogens is 2. The molecule has 2 heterocycles. The van der Waals surface area contributed by atoms with Gasteiger partial charge in [-0.1, -0.05) is 47.5 Å². The van der Waals surface area contributed by atoms with Crippen LogP contribution < -0.4 is 15.5 Å². The highest BCUT2D eigenvalue weighted by Crippen LogP contribution is 2.47. The summed E-state index contributed by atoms with van der Waals surface area (Å²) in [7, 11) is 0. The van der Waals surface area contributed by atoms with E-state index in [4.69, 9.17) is 27.6 Å². The van der Waals surface area contributed by atoms with Crippen molar-refractivity contribution < 1.29 is 14.0 Å². The first-order chi connectivity index (χ1) is 18.5. The number of urea groups is 1. The molecule has 2 amide bonds. The number of ketones is 1. The smallest absolute Gasteiger partial charge is 0.327 e. The maximum atomic E-state index is 14.0. The number of carbonyl (C=O) groups excluding carboxylic acids is 2. The summed E-state index contributed by atoms with van der Waals surface area (Å²) in [4.78, 5) is 29.6. The van der Waals surface area contributed by atoms with E-state index in [0.717, 1.165) is 22.7 Å². The largest absolute Gasteiger partial charge is 0.469 e. The molecular formula is C30H23Cl2N3O3. The van der Waals surface area contributed by atoms with E-state index in [1.54, 1.807) is 47.6 Å². The van der Waals surface area contributed by atoms with E-state index in [-0.39, 0.29) is 24.2 Å². The molecule has 6 nitrogen and oxygen atoms in total. The van der Waals surface area contributed by atoms with E-state index in [2.05, 4.69) is 10.6 Å². The van der Waals surface area contributed by atoms with E-state index in [9.17, 15) is 9.59 Å². The van der Waals surface area contributed by atoms with Crippen molar-refractivity contribution in [2.75, 3.05) is 15.5 Å². The molecule has 0 saturated heterocycles. The Hall–Kier alpha value is -4.00. The number of furan rings is 1. The van der Waals surface area contributed by atoms with Gasteiger partial charge in [0.25, 0.3) is 0 Å². The summed E-state index contributed by atoms with van der Waals surface area (Å²) >= 11 is 12.3. The molecule has 2 atom stereocenters. The second-order valence-electron chi connectivity index (χ2n) is 9.34. The summed E-state index contributed by atoms with van der Waals surface area (Å²) in [5.41, 5.74) is 4.07. The Balaban J connectivity index is 1.51. The van der Waals surface area contributed by atoms with Gasteiger partial charge in [0.1, 0.15) is 5.76 Å². The monoisotopic (exact) mass is 543 g/mol. The van der Waals surface area contributed by atoms with Crippen LogP contribution in [0.4, 0.5) is 21.9 Å². The number of rotatable bonds is 3. The van der Waals surface area contributed by atoms with Crippen LogP contribution in [0.1, 0.15) is 36.1 Å². The van der Waals surface area contributed by atoms with Gasteiger partial charge < -0.3 is 15.1 Å². The molecule has 0 radical (unpaired) electrons. The van der Waals surface area contributed by atoms with Gasteiger partial charge in [-0.3, -0.25) is 9.69 Å². The summed E-state index contributed by atoms with van der Waals surface area (Å²) in [6.45, 7) is 0. The number of nitrogens with one attached hydrogen (secondary N) is 2. The third-order valence-electron chi connectivity index (χ3n) is 6.93. The Morgan fingerprint density at radius 1 is 0.895 bits per heavy atom. The molecule has 2 N–H and O–H groups in total. The van der Waals surface area contributed by atoms with Gasteiger partial charge in [-0.15, -0.1) is 0 Å². The van der Waals surface area contributed by atoms with Gasteiger partial charge in [0, 0.05) is 39.3 Å². The Morgan fingerprint density at radius 2 is 1.61 bits per heavy atom. The molecule has 0 fully saturated rings. The number of amides is 2. The van der Waals surface area contributed by atoms with Crippen LogP contribution in [0.5, 0.6) is 0 Å². The van der Waals surface area contributed by atoms with E-state index in [1.807, 2.05) is 48.5 Å². The number of Topliss-reactive ketones (excluding diaryl/α,β-unsaturated/α-hetero) is 1. The maximum Gasteiger partial charge on any atom is 0.327 e. The molecule has 0 saturated carbocycles. The van der Waals surface area contributed by atoms with Crippen LogP contribution in [0.3, 0.4) is 0 Å². The molecule has 38 heavy (non-hydrogen) atoms. The van der Waals surface area contributed by atoms with Gasteiger partial charge in [0.2, 0.25) is 0 Å². The standard InChI is InChI=1S/C30H23Cl2N3O3/c31-20-9-7-18(8-10-20)29-28-24(16-19(17-26(28)36)27-6-3-15-38-27)34-23-4-1-2-5-25(23)35(29)30(37)33-22-13-11-21(32)12-14-22/h1-15,19,29,34H,16-17H2,(H,33,37)/t19-,29+/m1/s1. The van der Waals surface area contributed by atoms with Gasteiger partial charge in [-0.2, -0.15) is 0 Å². The average molecular weight is 544 g/mol. The summed E-state index contributed by atoms with van der Waals surface area (Å²) < 4.78 is 5.66. The van der Waals surface area contributed by atoms with Gasteiger partial charge in [0.15, 0.2) is 5.78 Å². The van der Waals surface area contributed by atoms with Crippen molar-refractivity contribution in [3.8, 4) is 0 Å². The number of hydrogen-bond donors (Lipinski definition) is 2. The summed E-state index contributed by atoms with van der Waals surface area (Å²) in [5, 5.41) is 7.63. The minimum absolute atomic E-state index is 0.0443. The predicted molar refractivity (Wildman–Crippen MR) is 150 cm³/mol. The zero-order chi connectivity index (χ0) is 26.2. The van der Waals surface area contributed by atoms with Crippen LogP contribution in [0.2, 0.25) is 10.0 Å². The first kappa shape index (κ1) is 24.3. The molecular weight excluding hydrogens is 521 g/mol. The SMILES string of the molecule is O=C1C[C@H](c2ccco2)CC2=C1[C@H](c1ccc(Cl)cc1)N(C(=O)Nc1ccc(Cl)cc1)c1ccccc1N2. The van der Waals surface area contributed by atoms with Crippen molar-refractivity contribution in [2.24, 2.45) is 0 Å². The van der Waals surface area contributed by atoms with Crippen molar-refractivity contribution in [1.82, 2.24) is 0 Å². The molecule has 1 aromatic heterocycles. The Bertz CT molecular complexity index is 1530. The summed E-state index contributed by atoms with van der Waals surface area (Å²) in [6, 6.07) is 24.4.